The predicted molar refractivity (Wildman–Crippen MR) is 75.4 cm³/mol. The van der Waals surface area contributed by atoms with Crippen LogP contribution in [0.4, 0.5) is 5.95 Å². The molecule has 2 aromatic rings. The topological polar surface area (TPSA) is 105 Å². The molecule has 0 aliphatic heterocycles. The van der Waals surface area contributed by atoms with Gasteiger partial charge in [-0.25, -0.2) is 13.5 Å². The first-order chi connectivity index (χ1) is 9.95. The van der Waals surface area contributed by atoms with Crippen LogP contribution >= 0.6 is 0 Å². The van der Waals surface area contributed by atoms with Crippen LogP contribution < -0.4 is 5.32 Å². The molecule has 1 aliphatic rings. The molecule has 2 atom stereocenters. The molecule has 0 saturated heterocycles. The fraction of sp³-hybridized carbons (Fsp3) is 0.308. The smallest absolute Gasteiger partial charge is 0.249 e. The summed E-state index contributed by atoms with van der Waals surface area (Å²) in [5.74, 6) is -0.117. The summed E-state index contributed by atoms with van der Waals surface area (Å²) in [6.07, 6.45) is 1.80. The molecule has 1 aromatic heterocycles. The number of aromatic nitrogens is 3. The van der Waals surface area contributed by atoms with Crippen molar-refractivity contribution in [3.8, 4) is 0 Å². The number of carbonyl (C=O) groups excluding carboxylic acids is 1. The van der Waals surface area contributed by atoms with E-state index in [9.17, 15) is 13.2 Å². The van der Waals surface area contributed by atoms with Crippen molar-refractivity contribution in [1.29, 1.82) is 0 Å². The zero-order valence-electron chi connectivity index (χ0n) is 11.3. The molecule has 2 unspecified atom stereocenters. The number of rotatable bonds is 4. The highest BCUT2D eigenvalue weighted by atomic mass is 32.2. The van der Waals surface area contributed by atoms with Gasteiger partial charge in [-0.1, -0.05) is 30.3 Å². The van der Waals surface area contributed by atoms with E-state index >= 15 is 0 Å². The highest BCUT2D eigenvalue weighted by Crippen LogP contribution is 2.47. The molecule has 2 N–H and O–H groups in total. The molecule has 7 nitrogen and oxygen atoms in total. The van der Waals surface area contributed by atoms with Crippen molar-refractivity contribution < 1.29 is 13.2 Å². The van der Waals surface area contributed by atoms with Crippen molar-refractivity contribution >= 4 is 21.7 Å². The predicted octanol–water partition coefficient (Wildman–Crippen LogP) is 0.950. The van der Waals surface area contributed by atoms with E-state index in [0.717, 1.165) is 18.2 Å². The van der Waals surface area contributed by atoms with Gasteiger partial charge in [0, 0.05) is 12.2 Å². The third-order valence-electron chi connectivity index (χ3n) is 3.41. The van der Waals surface area contributed by atoms with Crippen LogP contribution in [0.25, 0.3) is 0 Å². The van der Waals surface area contributed by atoms with Crippen LogP contribution in [-0.4, -0.2) is 35.8 Å². The summed E-state index contributed by atoms with van der Waals surface area (Å²) in [7, 11) is -3.46. The molecule has 1 amide bonds. The van der Waals surface area contributed by atoms with Crippen molar-refractivity contribution in [2.75, 3.05) is 11.6 Å². The van der Waals surface area contributed by atoms with E-state index in [1.165, 1.54) is 0 Å². The first-order valence-corrected chi connectivity index (χ1v) is 8.32. The van der Waals surface area contributed by atoms with Crippen LogP contribution in [0.5, 0.6) is 0 Å². The minimum Gasteiger partial charge on any atom is -0.293 e. The number of hydrogen-bond donors (Lipinski definition) is 2. The van der Waals surface area contributed by atoms with Gasteiger partial charge < -0.3 is 0 Å². The Morgan fingerprint density at radius 3 is 2.67 bits per heavy atom. The molecule has 1 heterocycles. The zero-order valence-corrected chi connectivity index (χ0v) is 12.1. The fourth-order valence-electron chi connectivity index (χ4n) is 2.22. The number of anilines is 1. The first kappa shape index (κ1) is 13.7. The van der Waals surface area contributed by atoms with E-state index in [1.54, 1.807) is 0 Å². The Kier molecular flexibility index (Phi) is 3.25. The van der Waals surface area contributed by atoms with Gasteiger partial charge in [-0.05, 0) is 17.9 Å². The minimum absolute atomic E-state index is 0.0147. The van der Waals surface area contributed by atoms with Crippen LogP contribution in [0.3, 0.4) is 0 Å². The van der Waals surface area contributed by atoms with E-state index in [4.69, 9.17) is 0 Å². The molecule has 0 spiro atoms. The maximum atomic E-state index is 12.1. The Balaban J connectivity index is 1.65. The highest BCUT2D eigenvalue weighted by molar-refractivity contribution is 7.90. The van der Waals surface area contributed by atoms with E-state index in [0.29, 0.717) is 0 Å². The maximum absolute atomic E-state index is 12.1. The number of H-pyrrole nitrogens is 1. The number of nitrogens with zero attached hydrogens (tertiary/aromatic N) is 2. The number of benzene rings is 1. The Morgan fingerprint density at radius 2 is 2.05 bits per heavy atom. The summed E-state index contributed by atoms with van der Waals surface area (Å²) in [5, 5.41) is 8.26. The Labute approximate surface area is 121 Å². The lowest BCUT2D eigenvalue weighted by Gasteiger charge is -2.00. The van der Waals surface area contributed by atoms with Crippen LogP contribution in [0.2, 0.25) is 0 Å². The number of carbonyl (C=O) groups is 1. The second-order valence-corrected chi connectivity index (χ2v) is 7.02. The van der Waals surface area contributed by atoms with Gasteiger partial charge in [0.25, 0.3) is 0 Å². The summed E-state index contributed by atoms with van der Waals surface area (Å²) < 4.78 is 22.5. The van der Waals surface area contributed by atoms with Crippen LogP contribution in [-0.2, 0) is 14.6 Å². The van der Waals surface area contributed by atoms with Gasteiger partial charge in [0.1, 0.15) is 0 Å². The summed E-state index contributed by atoms with van der Waals surface area (Å²) in [6, 6.07) is 9.80. The average molecular weight is 306 g/mol. The van der Waals surface area contributed by atoms with E-state index in [2.05, 4.69) is 20.5 Å². The summed E-state index contributed by atoms with van der Waals surface area (Å²) >= 11 is 0. The monoisotopic (exact) mass is 306 g/mol. The van der Waals surface area contributed by atoms with Crippen LogP contribution in [0.1, 0.15) is 17.9 Å². The minimum atomic E-state index is -3.46. The molecule has 21 heavy (non-hydrogen) atoms. The van der Waals surface area contributed by atoms with Gasteiger partial charge in [0.15, 0.2) is 0 Å². The van der Waals surface area contributed by atoms with Crippen molar-refractivity contribution in [3.05, 3.63) is 35.9 Å². The molecular formula is C13H14N4O3S. The van der Waals surface area contributed by atoms with Crippen molar-refractivity contribution in [3.63, 3.8) is 0 Å². The molecule has 1 saturated carbocycles. The first-order valence-electron chi connectivity index (χ1n) is 6.43. The zero-order chi connectivity index (χ0) is 15.0. The lowest BCUT2D eigenvalue weighted by atomic mass is 10.1. The largest absolute Gasteiger partial charge is 0.293 e. The molecule has 110 valence electrons. The summed E-state index contributed by atoms with van der Waals surface area (Å²) in [5.41, 5.74) is 1.13. The van der Waals surface area contributed by atoms with E-state index in [-0.39, 0.29) is 28.8 Å². The summed E-state index contributed by atoms with van der Waals surface area (Å²) in [6.45, 7) is 0. The lowest BCUT2D eigenvalue weighted by Crippen LogP contribution is -2.15. The second kappa shape index (κ2) is 4.96. The lowest BCUT2D eigenvalue weighted by molar-refractivity contribution is -0.117. The van der Waals surface area contributed by atoms with E-state index in [1.807, 2.05) is 30.3 Å². The Bertz CT molecular complexity index is 770. The molecule has 0 bridgehead atoms. The number of aromatic amines is 1. The maximum Gasteiger partial charge on any atom is 0.249 e. The normalized spacial score (nSPS) is 21.0. The standard InChI is InChI=1S/C13H14N4O3S/c1-21(19,20)13-15-12(16-17-13)14-11(18)10-7-9(10)8-5-3-2-4-6-8/h2-6,9-10H,7H2,1H3,(H2,14,15,16,17,18). The van der Waals surface area contributed by atoms with Crippen molar-refractivity contribution in [2.24, 2.45) is 5.92 Å². The molecule has 1 fully saturated rings. The van der Waals surface area contributed by atoms with Crippen LogP contribution in [0, 0.1) is 5.92 Å². The number of amides is 1. The second-order valence-electron chi connectivity index (χ2n) is 5.08. The van der Waals surface area contributed by atoms with Gasteiger partial charge in [-0.2, -0.15) is 4.98 Å². The average Bonchev–Trinajstić information content (AvgIpc) is 3.11. The van der Waals surface area contributed by atoms with Crippen molar-refractivity contribution in [2.45, 2.75) is 17.5 Å². The third kappa shape index (κ3) is 2.94. The van der Waals surface area contributed by atoms with Gasteiger partial charge in [0.05, 0.1) is 0 Å². The van der Waals surface area contributed by atoms with Crippen molar-refractivity contribution in [1.82, 2.24) is 15.2 Å². The molecule has 0 radical (unpaired) electrons. The van der Waals surface area contributed by atoms with Crippen LogP contribution in [0.15, 0.2) is 35.5 Å². The van der Waals surface area contributed by atoms with Gasteiger partial charge in [-0.15, -0.1) is 5.10 Å². The number of sulfone groups is 1. The van der Waals surface area contributed by atoms with E-state index < -0.39 is 9.84 Å². The SMILES string of the molecule is CS(=O)(=O)c1nc(NC(=O)C2CC2c2ccccc2)n[nH]1. The molecule has 8 heteroatoms. The third-order valence-corrected chi connectivity index (χ3v) is 4.29. The Hall–Kier alpha value is -2.22. The highest BCUT2D eigenvalue weighted by Gasteiger charge is 2.44. The van der Waals surface area contributed by atoms with Gasteiger partial charge in [0.2, 0.25) is 26.8 Å². The summed E-state index contributed by atoms with van der Waals surface area (Å²) in [4.78, 5) is 15.8. The fourth-order valence-corrected chi connectivity index (χ4v) is 2.69. The Morgan fingerprint density at radius 1 is 1.33 bits per heavy atom. The number of nitrogens with one attached hydrogen (secondary N) is 2. The van der Waals surface area contributed by atoms with Gasteiger partial charge >= 0.3 is 0 Å². The molecule has 3 rings (SSSR count). The molecule has 1 aliphatic carbocycles. The molecule has 1 aromatic carbocycles. The quantitative estimate of drug-likeness (QED) is 0.875. The molecular weight excluding hydrogens is 292 g/mol. The number of hydrogen-bond acceptors (Lipinski definition) is 5. The van der Waals surface area contributed by atoms with Gasteiger partial charge in [-0.3, -0.25) is 10.1 Å².